The number of carbonyl (C=O) groups is 1. The molecule has 0 bridgehead atoms. The smallest absolute Gasteiger partial charge is 0.254 e. The summed E-state index contributed by atoms with van der Waals surface area (Å²) in [5.74, 6) is -3.12. The first kappa shape index (κ1) is 13.6. The van der Waals surface area contributed by atoms with Gasteiger partial charge in [-0.15, -0.1) is 0 Å². The fourth-order valence-electron chi connectivity index (χ4n) is 1.71. The van der Waals surface area contributed by atoms with Crippen molar-refractivity contribution in [1.29, 1.82) is 0 Å². The molecular formula is C13H12F2N2OS. The van der Waals surface area contributed by atoms with Crippen molar-refractivity contribution >= 4 is 17.2 Å². The molecule has 2 rings (SSSR count). The van der Waals surface area contributed by atoms with Crippen LogP contribution in [-0.2, 0) is 6.42 Å². The third-order valence-corrected chi connectivity index (χ3v) is 3.32. The van der Waals surface area contributed by atoms with Crippen molar-refractivity contribution in [2.45, 2.75) is 19.4 Å². The van der Waals surface area contributed by atoms with E-state index in [0.29, 0.717) is 6.42 Å². The summed E-state index contributed by atoms with van der Waals surface area (Å²) in [6, 6.07) is 2.95. The molecule has 2 aromatic heterocycles. The van der Waals surface area contributed by atoms with Crippen LogP contribution in [0.4, 0.5) is 8.78 Å². The minimum atomic E-state index is -1.27. The van der Waals surface area contributed by atoms with Gasteiger partial charge in [0.25, 0.3) is 5.91 Å². The summed E-state index contributed by atoms with van der Waals surface area (Å²) in [6.07, 6.45) is 1.71. The Balaban J connectivity index is 2.02. The maximum absolute atomic E-state index is 13.4. The molecule has 1 amide bonds. The Labute approximate surface area is 113 Å². The molecule has 0 spiro atoms. The fraction of sp³-hybridized carbons (Fsp3) is 0.231. The lowest BCUT2D eigenvalue weighted by molar-refractivity contribution is 0.0934. The van der Waals surface area contributed by atoms with E-state index in [1.165, 1.54) is 0 Å². The van der Waals surface area contributed by atoms with E-state index in [0.717, 1.165) is 17.8 Å². The van der Waals surface area contributed by atoms with E-state index in [-0.39, 0.29) is 11.6 Å². The summed E-state index contributed by atoms with van der Waals surface area (Å²) in [7, 11) is 0. The number of thiophene rings is 1. The highest BCUT2D eigenvalue weighted by molar-refractivity contribution is 7.07. The molecule has 0 saturated carbocycles. The molecule has 0 aliphatic heterocycles. The van der Waals surface area contributed by atoms with Crippen molar-refractivity contribution < 1.29 is 13.6 Å². The first-order valence-electron chi connectivity index (χ1n) is 5.70. The molecular weight excluding hydrogens is 270 g/mol. The molecule has 2 heterocycles. The number of aromatic nitrogens is 1. The molecule has 19 heavy (non-hydrogen) atoms. The molecule has 3 nitrogen and oxygen atoms in total. The Morgan fingerprint density at radius 3 is 2.95 bits per heavy atom. The van der Waals surface area contributed by atoms with Crippen molar-refractivity contribution in [3.63, 3.8) is 0 Å². The van der Waals surface area contributed by atoms with Gasteiger partial charge in [0.05, 0.1) is 5.56 Å². The topological polar surface area (TPSA) is 42.0 Å². The maximum atomic E-state index is 13.4. The highest BCUT2D eigenvalue weighted by Gasteiger charge is 2.17. The van der Waals surface area contributed by atoms with Crippen molar-refractivity contribution in [1.82, 2.24) is 10.3 Å². The molecule has 0 saturated heterocycles. The maximum Gasteiger partial charge on any atom is 0.254 e. The Hall–Kier alpha value is -1.82. The highest BCUT2D eigenvalue weighted by atomic mass is 32.1. The van der Waals surface area contributed by atoms with Crippen LogP contribution in [0.3, 0.4) is 0 Å². The van der Waals surface area contributed by atoms with E-state index in [2.05, 4.69) is 10.3 Å². The van der Waals surface area contributed by atoms with Crippen molar-refractivity contribution in [2.24, 2.45) is 0 Å². The van der Waals surface area contributed by atoms with E-state index >= 15 is 0 Å². The van der Waals surface area contributed by atoms with Crippen LogP contribution in [0.25, 0.3) is 0 Å². The molecule has 6 heteroatoms. The minimum absolute atomic E-state index is 0.169. The molecule has 0 radical (unpaired) electrons. The van der Waals surface area contributed by atoms with Gasteiger partial charge < -0.3 is 5.32 Å². The van der Waals surface area contributed by atoms with E-state index in [9.17, 15) is 13.6 Å². The molecule has 0 aliphatic rings. The number of carbonyl (C=O) groups excluding carboxylic acids is 1. The van der Waals surface area contributed by atoms with Gasteiger partial charge in [-0.25, -0.2) is 9.37 Å². The Kier molecular flexibility index (Phi) is 4.21. The van der Waals surface area contributed by atoms with Gasteiger partial charge in [-0.3, -0.25) is 4.79 Å². The zero-order valence-electron chi connectivity index (χ0n) is 10.2. The van der Waals surface area contributed by atoms with Gasteiger partial charge >= 0.3 is 0 Å². The van der Waals surface area contributed by atoms with Crippen LogP contribution in [0, 0.1) is 11.8 Å². The van der Waals surface area contributed by atoms with Gasteiger partial charge in [0.2, 0.25) is 5.95 Å². The zero-order chi connectivity index (χ0) is 13.8. The van der Waals surface area contributed by atoms with Gasteiger partial charge in [0.1, 0.15) is 0 Å². The Morgan fingerprint density at radius 1 is 1.47 bits per heavy atom. The standard InChI is InChI=1S/C13H12F2N2OS/c1-8(6-9-3-5-19-7-9)17-13(18)10-2-4-16-12(15)11(10)14/h2-5,7-8H,6H2,1H3,(H,17,18). The number of pyridine rings is 1. The summed E-state index contributed by atoms with van der Waals surface area (Å²) < 4.78 is 26.3. The fourth-order valence-corrected chi connectivity index (χ4v) is 2.39. The predicted molar refractivity (Wildman–Crippen MR) is 69.1 cm³/mol. The molecule has 2 aromatic rings. The normalized spacial score (nSPS) is 12.2. The van der Waals surface area contributed by atoms with Crippen molar-refractivity contribution in [3.05, 3.63) is 52.0 Å². The second-order valence-corrected chi connectivity index (χ2v) is 4.95. The van der Waals surface area contributed by atoms with Crippen LogP contribution in [0.5, 0.6) is 0 Å². The molecule has 100 valence electrons. The zero-order valence-corrected chi connectivity index (χ0v) is 11.0. The van der Waals surface area contributed by atoms with Crippen LogP contribution in [0.2, 0.25) is 0 Å². The highest BCUT2D eigenvalue weighted by Crippen LogP contribution is 2.11. The summed E-state index contributed by atoms with van der Waals surface area (Å²) in [5.41, 5.74) is 0.767. The van der Waals surface area contributed by atoms with Crippen LogP contribution in [-0.4, -0.2) is 16.9 Å². The summed E-state index contributed by atoms with van der Waals surface area (Å²) >= 11 is 1.57. The molecule has 1 atom stereocenters. The van der Waals surface area contributed by atoms with Crippen LogP contribution >= 0.6 is 11.3 Å². The van der Waals surface area contributed by atoms with E-state index < -0.39 is 17.7 Å². The van der Waals surface area contributed by atoms with Crippen molar-refractivity contribution in [3.8, 4) is 0 Å². The van der Waals surface area contributed by atoms with Crippen LogP contribution in [0.15, 0.2) is 29.1 Å². The summed E-state index contributed by atoms with van der Waals surface area (Å²) in [4.78, 5) is 15.0. The second-order valence-electron chi connectivity index (χ2n) is 4.17. The average Bonchev–Trinajstić information content (AvgIpc) is 2.85. The SMILES string of the molecule is CC(Cc1ccsc1)NC(=O)c1ccnc(F)c1F. The number of nitrogens with zero attached hydrogens (tertiary/aromatic N) is 1. The third kappa shape index (κ3) is 3.35. The number of rotatable bonds is 4. The van der Waals surface area contributed by atoms with E-state index in [1.807, 2.05) is 23.8 Å². The van der Waals surface area contributed by atoms with Gasteiger partial charge in [-0.05, 0) is 41.8 Å². The van der Waals surface area contributed by atoms with Gasteiger partial charge in [0, 0.05) is 12.2 Å². The number of amides is 1. The van der Waals surface area contributed by atoms with Crippen LogP contribution < -0.4 is 5.32 Å². The van der Waals surface area contributed by atoms with Gasteiger partial charge in [-0.1, -0.05) is 0 Å². The summed E-state index contributed by atoms with van der Waals surface area (Å²) in [6.45, 7) is 1.81. The monoisotopic (exact) mass is 282 g/mol. The molecule has 0 fully saturated rings. The van der Waals surface area contributed by atoms with Gasteiger partial charge in [0.15, 0.2) is 5.82 Å². The molecule has 0 aliphatic carbocycles. The Bertz CT molecular complexity index is 572. The first-order chi connectivity index (χ1) is 9.08. The first-order valence-corrected chi connectivity index (χ1v) is 6.64. The van der Waals surface area contributed by atoms with Crippen molar-refractivity contribution in [2.75, 3.05) is 0 Å². The number of halogens is 2. The summed E-state index contributed by atoms with van der Waals surface area (Å²) in [5, 5.41) is 6.56. The number of hydrogen-bond donors (Lipinski definition) is 1. The molecule has 1 unspecified atom stereocenters. The lowest BCUT2D eigenvalue weighted by Gasteiger charge is -2.13. The van der Waals surface area contributed by atoms with E-state index in [1.54, 1.807) is 11.3 Å². The lowest BCUT2D eigenvalue weighted by Crippen LogP contribution is -2.34. The third-order valence-electron chi connectivity index (χ3n) is 2.59. The molecule has 0 aromatic carbocycles. The quantitative estimate of drug-likeness (QED) is 0.876. The number of nitrogens with one attached hydrogen (secondary N) is 1. The van der Waals surface area contributed by atoms with Gasteiger partial charge in [-0.2, -0.15) is 15.7 Å². The Morgan fingerprint density at radius 2 is 2.26 bits per heavy atom. The predicted octanol–water partition coefficient (Wildman–Crippen LogP) is 2.78. The van der Waals surface area contributed by atoms with E-state index in [4.69, 9.17) is 0 Å². The average molecular weight is 282 g/mol. The number of hydrogen-bond acceptors (Lipinski definition) is 3. The minimum Gasteiger partial charge on any atom is -0.349 e. The second kappa shape index (κ2) is 5.88. The molecule has 1 N–H and O–H groups in total. The largest absolute Gasteiger partial charge is 0.349 e. The van der Waals surface area contributed by atoms with Crippen LogP contribution in [0.1, 0.15) is 22.8 Å². The lowest BCUT2D eigenvalue weighted by atomic mass is 10.1.